The highest BCUT2D eigenvalue weighted by Crippen LogP contribution is 2.49. The zero-order valence-corrected chi connectivity index (χ0v) is 63.9. The van der Waals surface area contributed by atoms with Crippen LogP contribution in [0, 0.1) is 5.92 Å². The lowest BCUT2D eigenvalue weighted by atomic mass is 9.96. The molecular formula is C76H88Cl3N9O14S5. The second-order valence-electron chi connectivity index (χ2n) is 23.2. The van der Waals surface area contributed by atoms with Gasteiger partial charge in [-0.05, 0) is 183 Å². The Kier molecular flexibility index (Phi) is 19.3. The van der Waals surface area contributed by atoms with Crippen molar-refractivity contribution in [3.8, 4) is 0 Å². The summed E-state index contributed by atoms with van der Waals surface area (Å²) in [5, 5.41) is 20.8. The molecule has 107 heavy (non-hydrogen) atoms. The Morgan fingerprint density at radius 3 is 1.38 bits per heavy atom. The Hall–Kier alpha value is -6.96. The smallest absolute Gasteiger partial charge is 0.341 e. The van der Waals surface area contributed by atoms with E-state index in [4.69, 9.17) is 93.1 Å². The minimum atomic E-state index is -2.49. The van der Waals surface area contributed by atoms with E-state index in [1.165, 1.54) is 71.8 Å². The number of hydrogen-bond acceptors (Lipinski definition) is 27. The van der Waals surface area contributed by atoms with Gasteiger partial charge in [0.1, 0.15) is 93.6 Å². The van der Waals surface area contributed by atoms with Crippen LogP contribution in [-0.2, 0) is 79.6 Å². The second-order valence-corrected chi connectivity index (χ2v) is 29.3. The molecule has 3 fully saturated rings. The summed E-state index contributed by atoms with van der Waals surface area (Å²) in [5.41, 5.74) is 6.52. The second kappa shape index (κ2) is 39.6. The molecule has 2 saturated carbocycles. The Morgan fingerprint density at radius 2 is 1.00 bits per heavy atom. The van der Waals surface area contributed by atoms with E-state index in [-0.39, 0.29) is 98.8 Å². The number of carbonyl (C=O) groups is 7. The lowest BCUT2D eigenvalue weighted by Gasteiger charge is -2.09. The molecule has 7 aliphatic carbocycles. The van der Waals surface area contributed by atoms with Gasteiger partial charge in [-0.15, -0.1) is 56.7 Å². The lowest BCUT2D eigenvalue weighted by molar-refractivity contribution is -0.150. The highest BCUT2D eigenvalue weighted by atomic mass is 35.5. The first-order valence-corrected chi connectivity index (χ1v) is 38.1. The molecule has 0 amide bonds. The first-order valence-electron chi connectivity index (χ1n) is 46.9. The molecule has 9 aromatic rings. The van der Waals surface area contributed by atoms with Crippen LogP contribution < -0.4 is 11.3 Å². The summed E-state index contributed by atoms with van der Waals surface area (Å²) in [4.78, 5) is 125. The maximum atomic E-state index is 12.0. The third kappa shape index (κ3) is 20.0. The van der Waals surface area contributed by atoms with Gasteiger partial charge in [-0.1, -0.05) is 34.8 Å². The number of ketones is 5. The molecule has 1 saturated heterocycles. The number of nitrogens with zero attached hydrogens (tertiary/aromatic N) is 7. The van der Waals surface area contributed by atoms with Crippen molar-refractivity contribution in [3.63, 3.8) is 0 Å². The molecule has 0 aromatic carbocycles. The minimum absolute atomic E-state index is 0.00625. The number of aromatic amines is 1. The molecular weight excluding hydrogens is 1530 g/mol. The van der Waals surface area contributed by atoms with Crippen molar-refractivity contribution in [1.82, 2.24) is 39.9 Å². The van der Waals surface area contributed by atoms with Crippen molar-refractivity contribution in [3.05, 3.63) is 121 Å². The van der Waals surface area contributed by atoms with Crippen LogP contribution in [0.2, 0.25) is 15.5 Å². The third-order valence-electron chi connectivity index (χ3n) is 16.0. The van der Waals surface area contributed by atoms with E-state index in [2.05, 4.69) is 44.6 Å². The maximum Gasteiger partial charge on any atom is 0.341 e. The summed E-state index contributed by atoms with van der Waals surface area (Å²) < 4.78 is 237. The standard InChI is InChI=1S/C12H15NO3S.C11H9ClN2OS.C11H10N2O2S.2C10H9ClN2OS.C8H12O3.2C5H8O.C4H8O/c1-3-16-12(15)10-9-7(6(2)14)4-5-8(9)17-11(10)13;1-5(15)6-2-3-7-8(6)9-10(12)13-4-14-11(9)16-7;1-5(14)6-2-3-7-8(6)9-10(15)12-4-13-11(9)16-7;2*11-9-8-7-5(3-14)1-2-6(7)15-10(8)13-4-12-9;1-2-11-8(10)6-4-3-5-7(6)9;1-2-4-6-5-3-1;6-5-3-1-2-4-5;1-2-4-5-3-1/h7H,3-5,13H2,1-2H3;4,6H,2-3H2,1H3;4,6H,2-3H2,1H3,(H,12,13,15);2*4-5,14H,1-3H2;6H,2-5H2,1H3;2,4H,1,3,5H2;1-4H2;1-4H2/t;;;5-;;;;;/m...1...../s1/i4D2,5D2;2*2D2,3D2;2*1D2,2D2;3D2,4D2;;1D2,2D2;. The number of halogens is 3. The van der Waals surface area contributed by atoms with Crippen LogP contribution in [0.1, 0.15) is 267 Å². The molecule has 9 aliphatic rings. The normalized spacial score (nSPS) is 30.4. The number of H-pyrrole nitrogens is 1. The molecule has 5 N–H and O–H groups in total. The van der Waals surface area contributed by atoms with Gasteiger partial charge in [-0.3, -0.25) is 33.6 Å². The first kappa shape index (κ1) is 52.3. The zero-order chi connectivity index (χ0) is 102. The topological polar surface area (TPSA) is 346 Å². The number of carbonyl (C=O) groups excluding carboxylic acids is 7. The number of ether oxygens (including phenoxy) is 4. The van der Waals surface area contributed by atoms with Crippen molar-refractivity contribution in [2.24, 2.45) is 5.92 Å². The molecule has 31 heteroatoms. The van der Waals surface area contributed by atoms with Crippen molar-refractivity contribution >= 4 is 178 Å². The van der Waals surface area contributed by atoms with E-state index in [1.807, 2.05) is 6.08 Å². The fourth-order valence-electron chi connectivity index (χ4n) is 11.0. The number of fused-ring (bicyclic) bond motifs is 13. The lowest BCUT2D eigenvalue weighted by Crippen LogP contribution is -2.21. The molecule has 11 heterocycles. The van der Waals surface area contributed by atoms with E-state index in [0.717, 1.165) is 76.5 Å². The van der Waals surface area contributed by atoms with Gasteiger partial charge >= 0.3 is 11.9 Å². The van der Waals surface area contributed by atoms with Gasteiger partial charge in [-0.25, -0.2) is 39.7 Å². The van der Waals surface area contributed by atoms with Crippen LogP contribution in [0.15, 0.2) is 42.4 Å². The Labute approximate surface area is 693 Å². The number of aliphatic hydroxyl groups is 2. The number of thiophene rings is 5. The molecule has 9 aromatic heterocycles. The predicted molar refractivity (Wildman–Crippen MR) is 421 cm³/mol. The van der Waals surface area contributed by atoms with Gasteiger partial charge in [0.15, 0.2) is 0 Å². The summed E-state index contributed by atoms with van der Waals surface area (Å²) in [5.74, 6) is -11.7. The molecule has 572 valence electrons. The van der Waals surface area contributed by atoms with E-state index in [1.54, 1.807) is 20.1 Å². The molecule has 18 rings (SSSR count). The zero-order valence-electron chi connectivity index (χ0n) is 85.5. The summed E-state index contributed by atoms with van der Waals surface area (Å²) in [6, 6.07) is 0. The molecule has 0 spiro atoms. The summed E-state index contributed by atoms with van der Waals surface area (Å²) in [6.07, 6.45) is -18.8. The molecule has 23 nitrogen and oxygen atoms in total. The number of aliphatic hydroxyl groups excluding tert-OH is 2. The van der Waals surface area contributed by atoms with E-state index < -0.39 is 185 Å². The predicted octanol–water partition coefficient (Wildman–Crippen LogP) is 15.6. The van der Waals surface area contributed by atoms with E-state index in [0.29, 0.717) is 52.2 Å². The van der Waals surface area contributed by atoms with Crippen LogP contribution in [0.4, 0.5) is 5.00 Å². The largest absolute Gasteiger partial charge is 0.502 e. The number of aryl methyl sites for hydroxylation is 5. The maximum absolute atomic E-state index is 12.0. The quantitative estimate of drug-likeness (QED) is 0.0592. The van der Waals surface area contributed by atoms with Crippen molar-refractivity contribution in [2.75, 3.05) is 52.0 Å². The van der Waals surface area contributed by atoms with Gasteiger partial charge in [-0.2, -0.15) is 0 Å². The van der Waals surface area contributed by atoms with Gasteiger partial charge in [0, 0.05) is 125 Å². The molecule has 6 atom stereocenters. The molecule has 0 radical (unpaired) electrons. The molecule has 5 unspecified atom stereocenters. The summed E-state index contributed by atoms with van der Waals surface area (Å²) >= 11 is 23.0. The molecule has 0 bridgehead atoms. The number of anilines is 1. The summed E-state index contributed by atoms with van der Waals surface area (Å²) in [6.45, 7) is 8.88. The van der Waals surface area contributed by atoms with Gasteiger partial charge in [0.25, 0.3) is 5.56 Å². The van der Waals surface area contributed by atoms with E-state index >= 15 is 0 Å². The fraction of sp³-hybridized carbons (Fsp3) is 0.513. The molecule has 2 aliphatic heterocycles. The minimum Gasteiger partial charge on any atom is -0.502 e. The summed E-state index contributed by atoms with van der Waals surface area (Å²) in [7, 11) is 0. The monoisotopic (exact) mass is 1640 g/mol. The van der Waals surface area contributed by atoms with Crippen LogP contribution in [0.3, 0.4) is 0 Å². The number of nitrogens with two attached hydrogens (primary N) is 1. The number of Topliss-reactive ketones (excluding diaryl/α,β-unsaturated/α-hetero) is 5. The number of rotatable bonds is 9. The highest BCUT2D eigenvalue weighted by molar-refractivity contribution is 7.20. The SMILES string of the molecule is C1=COCCC1.C1CCOC1.[2H]C1([2H])CC(=O)C(C(=O)OCC)C1([2H])[2H].[2H]C1([2H])CC(=O)CC1([2H])[2H].[2H]C1([2H])c2sc(N)c(C(=O)OCC)c2C(C(C)=O)C1([2H])[2H].[2H]C1([2H])c2sc3nc[nH]c(=O)c3c2C(C(C)=O)C1([2H])[2H].[2H]C1([2H])c2sc3ncnc(Cl)c3c2C(C(C)=O)C1([2H])[2H].[2H]C1([2H])c2sc3ncnc(Cl)c3c2C(CO)C1([2H])[2H].[2H]C1([2H])c2sc3ncnc(Cl)c3c2[C@@H](CO)C1([2H])[2H]. The number of nitrogen functional groups attached to an aromatic ring is 1. The van der Waals surface area contributed by atoms with Gasteiger partial charge in [0.2, 0.25) is 0 Å². The van der Waals surface area contributed by atoms with Crippen molar-refractivity contribution < 1.29 is 101 Å². The van der Waals surface area contributed by atoms with Crippen LogP contribution >= 0.6 is 91.5 Å². The number of nitrogens with one attached hydrogen (secondary N) is 1. The van der Waals surface area contributed by atoms with Crippen LogP contribution in [0.5, 0.6) is 0 Å². The van der Waals surface area contributed by atoms with Gasteiger partial charge < -0.3 is 39.9 Å². The van der Waals surface area contributed by atoms with Crippen LogP contribution in [0.25, 0.3) is 40.9 Å². The Balaban J connectivity index is 0.000000161. The number of esters is 2. The average molecular weight is 1650 g/mol. The van der Waals surface area contributed by atoms with E-state index in [9.17, 15) is 48.6 Å². The Morgan fingerprint density at radius 1 is 0.551 bits per heavy atom. The number of aromatic nitrogens is 8. The fourth-order valence-corrected chi connectivity index (χ4v) is 17.1. The first-order chi connectivity index (χ1) is 62.2. The van der Waals surface area contributed by atoms with Crippen molar-refractivity contribution in [2.45, 2.75) is 198 Å². The Bertz CT molecular complexity index is 6040. The van der Waals surface area contributed by atoms with Gasteiger partial charge in [0.05, 0.1) is 72.7 Å². The van der Waals surface area contributed by atoms with Crippen molar-refractivity contribution in [1.29, 1.82) is 0 Å². The van der Waals surface area contributed by atoms with Crippen LogP contribution in [-0.4, -0.2) is 137 Å². The highest BCUT2D eigenvalue weighted by Gasteiger charge is 2.38. The third-order valence-corrected chi connectivity index (χ3v) is 21.9. The number of allylic oxidation sites excluding steroid dienone is 1. The number of hydrogen-bond donors (Lipinski definition) is 4. The average Bonchev–Trinajstić information content (AvgIpc) is 1.53.